The van der Waals surface area contributed by atoms with E-state index in [0.29, 0.717) is 6.42 Å². The molecule has 21 heavy (non-hydrogen) atoms. The van der Waals surface area contributed by atoms with Crippen LogP contribution in [0.3, 0.4) is 0 Å². The second kappa shape index (κ2) is 5.09. The molecule has 1 aromatic heterocycles. The van der Waals surface area contributed by atoms with E-state index >= 15 is 0 Å². The van der Waals surface area contributed by atoms with Crippen LogP contribution in [0.1, 0.15) is 28.4 Å². The topological polar surface area (TPSA) is 106 Å². The van der Waals surface area contributed by atoms with Gasteiger partial charge in [-0.25, -0.2) is 0 Å². The Morgan fingerprint density at radius 3 is 2.86 bits per heavy atom. The predicted molar refractivity (Wildman–Crippen MR) is 74.3 cm³/mol. The second-order valence-corrected chi connectivity index (χ2v) is 4.52. The molecular weight excluding hydrogens is 270 g/mol. The smallest absolute Gasteiger partial charge is 0.298 e. The Morgan fingerprint density at radius 2 is 2.19 bits per heavy atom. The highest BCUT2D eigenvalue weighted by atomic mass is 16.6. The summed E-state index contributed by atoms with van der Waals surface area (Å²) in [6, 6.07) is 11.4. The van der Waals surface area contributed by atoms with Crippen LogP contribution in [0, 0.1) is 11.3 Å². The van der Waals surface area contributed by atoms with Crippen LogP contribution < -0.4 is 5.73 Å². The van der Waals surface area contributed by atoms with Crippen molar-refractivity contribution in [1.29, 1.82) is 5.26 Å². The molecule has 1 aliphatic rings. The van der Waals surface area contributed by atoms with E-state index < -0.39 is 5.91 Å². The van der Waals surface area contributed by atoms with Gasteiger partial charge in [0.05, 0.1) is 6.20 Å². The van der Waals surface area contributed by atoms with Crippen LogP contribution in [-0.2, 0) is 4.84 Å². The summed E-state index contributed by atoms with van der Waals surface area (Å²) in [7, 11) is 0. The average Bonchev–Trinajstić information content (AvgIpc) is 3.14. The molecule has 7 nitrogen and oxygen atoms in total. The molecule has 0 saturated carbocycles. The summed E-state index contributed by atoms with van der Waals surface area (Å²) in [5, 5.41) is 16.4. The number of hydrogen-bond acceptors (Lipinski definition) is 6. The number of nitrogens with zero attached hydrogens (tertiary/aromatic N) is 4. The van der Waals surface area contributed by atoms with Crippen molar-refractivity contribution >= 4 is 17.4 Å². The van der Waals surface area contributed by atoms with E-state index in [1.54, 1.807) is 0 Å². The molecule has 104 valence electrons. The minimum Gasteiger partial charge on any atom is -0.387 e. The molecule has 0 aliphatic carbocycles. The first-order valence-electron chi connectivity index (χ1n) is 6.26. The van der Waals surface area contributed by atoms with Crippen LogP contribution in [0.25, 0.3) is 0 Å². The third-order valence-corrected chi connectivity index (χ3v) is 3.21. The van der Waals surface area contributed by atoms with Crippen LogP contribution in [-0.4, -0.2) is 21.4 Å². The van der Waals surface area contributed by atoms with Gasteiger partial charge in [-0.3, -0.25) is 4.79 Å². The van der Waals surface area contributed by atoms with Crippen molar-refractivity contribution in [1.82, 2.24) is 9.78 Å². The number of carbonyl (C=O) groups excluding carboxylic acids is 1. The van der Waals surface area contributed by atoms with Gasteiger partial charge in [-0.1, -0.05) is 35.5 Å². The van der Waals surface area contributed by atoms with Crippen molar-refractivity contribution < 1.29 is 9.63 Å². The van der Waals surface area contributed by atoms with Gasteiger partial charge in [0.25, 0.3) is 5.91 Å². The van der Waals surface area contributed by atoms with E-state index in [0.717, 1.165) is 10.2 Å². The highest BCUT2D eigenvalue weighted by Crippen LogP contribution is 2.27. The third kappa shape index (κ3) is 2.23. The normalized spacial score (nSPS) is 16.9. The fraction of sp³-hybridized carbons (Fsp3) is 0.143. The number of aromatic nitrogens is 2. The predicted octanol–water partition coefficient (Wildman–Crippen LogP) is 1.49. The Morgan fingerprint density at radius 1 is 1.43 bits per heavy atom. The zero-order valence-corrected chi connectivity index (χ0v) is 10.9. The van der Waals surface area contributed by atoms with Gasteiger partial charge in [-0.05, 0) is 5.56 Å². The number of carbonyl (C=O) groups is 1. The molecule has 3 rings (SSSR count). The molecule has 2 aromatic rings. The van der Waals surface area contributed by atoms with Crippen LogP contribution in [0.4, 0.5) is 5.82 Å². The lowest BCUT2D eigenvalue weighted by molar-refractivity contribution is 0.0855. The number of nitriles is 1. The first kappa shape index (κ1) is 12.9. The number of nitrogen functional groups attached to an aromatic ring is 1. The second-order valence-electron chi connectivity index (χ2n) is 4.52. The van der Waals surface area contributed by atoms with E-state index in [-0.39, 0.29) is 23.2 Å². The summed E-state index contributed by atoms with van der Waals surface area (Å²) in [4.78, 5) is 17.6. The Balaban J connectivity index is 1.78. The lowest BCUT2D eigenvalue weighted by Crippen LogP contribution is -2.23. The van der Waals surface area contributed by atoms with Crippen molar-refractivity contribution in [3.05, 3.63) is 47.7 Å². The first-order valence-corrected chi connectivity index (χ1v) is 6.26. The number of oxime groups is 1. The summed E-state index contributed by atoms with van der Waals surface area (Å²) in [6.45, 7) is 0. The molecular formula is C14H11N5O2. The minimum atomic E-state index is -0.479. The summed E-state index contributed by atoms with van der Waals surface area (Å²) < 4.78 is 0.966. The quantitative estimate of drug-likeness (QED) is 0.897. The molecule has 0 saturated heterocycles. The van der Waals surface area contributed by atoms with E-state index in [4.69, 9.17) is 15.8 Å². The van der Waals surface area contributed by atoms with E-state index in [2.05, 4.69) is 10.3 Å². The Hall–Kier alpha value is -3.14. The van der Waals surface area contributed by atoms with Gasteiger partial charge in [0.1, 0.15) is 17.5 Å². The van der Waals surface area contributed by atoms with Crippen LogP contribution in [0.5, 0.6) is 0 Å². The van der Waals surface area contributed by atoms with Crippen molar-refractivity contribution in [2.24, 2.45) is 5.16 Å². The maximum absolute atomic E-state index is 12.3. The molecule has 0 amide bonds. The van der Waals surface area contributed by atoms with Crippen molar-refractivity contribution in [3.63, 3.8) is 0 Å². The molecule has 7 heteroatoms. The lowest BCUT2D eigenvalue weighted by atomic mass is 10.0. The largest absolute Gasteiger partial charge is 0.387 e. The van der Waals surface area contributed by atoms with Crippen LogP contribution in [0.2, 0.25) is 0 Å². The molecule has 1 aromatic carbocycles. The Labute approximate surface area is 120 Å². The van der Waals surface area contributed by atoms with Crippen molar-refractivity contribution in [2.75, 3.05) is 5.73 Å². The summed E-state index contributed by atoms with van der Waals surface area (Å²) in [5.41, 5.74) is 7.01. The molecule has 0 bridgehead atoms. The van der Waals surface area contributed by atoms with E-state index in [9.17, 15) is 4.79 Å². The van der Waals surface area contributed by atoms with Crippen molar-refractivity contribution in [2.45, 2.75) is 12.5 Å². The molecule has 0 fully saturated rings. The maximum Gasteiger partial charge on any atom is 0.298 e. The lowest BCUT2D eigenvalue weighted by Gasteiger charge is -2.07. The number of anilines is 1. The Kier molecular flexibility index (Phi) is 3.12. The standard InChI is InChI=1S/C14H11N5O2/c15-7-10-8-17-19(13(10)16)14(20)11-6-12(21-18-11)9-4-2-1-3-5-9/h1-5,8,12H,6,16H2. The fourth-order valence-corrected chi connectivity index (χ4v) is 2.08. The first-order chi connectivity index (χ1) is 10.2. The number of rotatable bonds is 2. The van der Waals surface area contributed by atoms with Gasteiger partial charge < -0.3 is 10.6 Å². The molecule has 1 unspecified atom stereocenters. The highest BCUT2D eigenvalue weighted by Gasteiger charge is 2.29. The average molecular weight is 281 g/mol. The number of hydrogen-bond donors (Lipinski definition) is 1. The zero-order chi connectivity index (χ0) is 14.8. The minimum absolute atomic E-state index is 0.00774. The van der Waals surface area contributed by atoms with E-state index in [1.165, 1.54) is 6.20 Å². The maximum atomic E-state index is 12.3. The molecule has 0 spiro atoms. The number of benzene rings is 1. The van der Waals surface area contributed by atoms with Gasteiger partial charge in [0, 0.05) is 6.42 Å². The summed E-state index contributed by atoms with van der Waals surface area (Å²) in [5.74, 6) is -0.471. The molecule has 2 heterocycles. The molecule has 2 N–H and O–H groups in total. The van der Waals surface area contributed by atoms with Gasteiger partial charge in [0.2, 0.25) is 0 Å². The van der Waals surface area contributed by atoms with Crippen LogP contribution in [0.15, 0.2) is 41.7 Å². The van der Waals surface area contributed by atoms with Gasteiger partial charge in [-0.2, -0.15) is 15.0 Å². The fourth-order valence-electron chi connectivity index (χ4n) is 2.08. The molecule has 1 atom stereocenters. The SMILES string of the molecule is N#Cc1cnn(C(=O)C2=NOC(c3ccccc3)C2)c1N. The van der Waals surface area contributed by atoms with Gasteiger partial charge in [-0.15, -0.1) is 0 Å². The highest BCUT2D eigenvalue weighted by molar-refractivity contribution is 6.40. The summed E-state index contributed by atoms with van der Waals surface area (Å²) >= 11 is 0. The molecule has 1 aliphatic heterocycles. The van der Waals surface area contributed by atoms with Crippen molar-refractivity contribution in [3.8, 4) is 6.07 Å². The zero-order valence-electron chi connectivity index (χ0n) is 10.9. The van der Waals surface area contributed by atoms with Gasteiger partial charge >= 0.3 is 0 Å². The monoisotopic (exact) mass is 281 g/mol. The number of nitrogens with two attached hydrogens (primary N) is 1. The summed E-state index contributed by atoms with van der Waals surface area (Å²) in [6.07, 6.45) is 1.29. The van der Waals surface area contributed by atoms with Crippen LogP contribution >= 0.6 is 0 Å². The molecule has 0 radical (unpaired) electrons. The third-order valence-electron chi connectivity index (χ3n) is 3.21. The van der Waals surface area contributed by atoms with Gasteiger partial charge in [0.15, 0.2) is 11.8 Å². The Bertz CT molecular complexity index is 757. The van der Waals surface area contributed by atoms with E-state index in [1.807, 2.05) is 36.4 Å².